The summed E-state index contributed by atoms with van der Waals surface area (Å²) >= 11 is 2.05. The molecule has 92 valence electrons. The normalized spacial score (nSPS) is 33.8. The Bertz CT molecular complexity index is 335. The first-order valence-corrected chi connectivity index (χ1v) is 7.73. The van der Waals surface area contributed by atoms with Crippen molar-refractivity contribution >= 4 is 11.8 Å². The largest absolute Gasteiger partial charge is 0.358 e. The Balaban J connectivity index is 1.70. The first-order valence-electron chi connectivity index (χ1n) is 6.79. The first-order chi connectivity index (χ1) is 8.43. The second-order valence-corrected chi connectivity index (χ2v) is 6.39. The van der Waals surface area contributed by atoms with E-state index in [-0.39, 0.29) is 5.44 Å². The molecule has 0 bridgehead atoms. The molecular formula is C15H20OS. The Labute approximate surface area is 108 Å². The molecule has 17 heavy (non-hydrogen) atoms. The second kappa shape index (κ2) is 5.45. The Hall–Kier alpha value is -0.470. The van der Waals surface area contributed by atoms with Crippen LogP contribution in [0.2, 0.25) is 0 Å². The predicted octanol–water partition coefficient (Wildman–Crippen LogP) is 4.54. The minimum atomic E-state index is 0.282. The van der Waals surface area contributed by atoms with E-state index in [9.17, 15) is 0 Å². The molecule has 1 aliphatic heterocycles. The summed E-state index contributed by atoms with van der Waals surface area (Å²) in [5.41, 5.74) is 1.62. The van der Waals surface area contributed by atoms with E-state index < -0.39 is 0 Å². The van der Waals surface area contributed by atoms with Crippen molar-refractivity contribution in [3.05, 3.63) is 35.9 Å². The van der Waals surface area contributed by atoms with E-state index in [4.69, 9.17) is 4.74 Å². The Morgan fingerprint density at radius 1 is 0.941 bits per heavy atom. The molecule has 0 spiro atoms. The van der Waals surface area contributed by atoms with E-state index in [1.165, 1.54) is 44.1 Å². The third kappa shape index (κ3) is 2.69. The van der Waals surface area contributed by atoms with E-state index in [0.29, 0.717) is 6.10 Å². The first kappa shape index (κ1) is 11.6. The monoisotopic (exact) mass is 248 g/mol. The fourth-order valence-electron chi connectivity index (χ4n) is 2.84. The summed E-state index contributed by atoms with van der Waals surface area (Å²) < 4.78 is 6.25. The number of fused-ring (bicyclic) bond motifs is 1. The van der Waals surface area contributed by atoms with E-state index in [1.807, 2.05) is 11.8 Å². The molecule has 1 nitrogen and oxygen atoms in total. The molecule has 3 atom stereocenters. The van der Waals surface area contributed by atoms with Crippen LogP contribution in [0.3, 0.4) is 0 Å². The highest BCUT2D eigenvalue weighted by atomic mass is 32.2. The standard InChI is InChI=1S/C15H20OS/c1-2-7-11-14-13(10-6-1)16-15(17-14)12-8-4-3-5-9-12/h3-5,8-9,13-15H,1-2,6-7,10-11H2/t13-,14+,15+/m0/s1. The van der Waals surface area contributed by atoms with Gasteiger partial charge in [-0.2, -0.15) is 0 Å². The molecule has 3 rings (SSSR count). The molecule has 1 heterocycles. The number of ether oxygens (including phenoxy) is 1. The van der Waals surface area contributed by atoms with E-state index >= 15 is 0 Å². The van der Waals surface area contributed by atoms with Gasteiger partial charge in [0.25, 0.3) is 0 Å². The number of hydrogen-bond acceptors (Lipinski definition) is 2. The Morgan fingerprint density at radius 2 is 1.71 bits per heavy atom. The average molecular weight is 248 g/mol. The summed E-state index contributed by atoms with van der Waals surface area (Å²) in [5.74, 6) is 0. The van der Waals surface area contributed by atoms with Gasteiger partial charge in [0.15, 0.2) is 0 Å². The molecule has 0 radical (unpaired) electrons. The number of rotatable bonds is 1. The summed E-state index contributed by atoms with van der Waals surface area (Å²) in [6.45, 7) is 0. The minimum Gasteiger partial charge on any atom is -0.358 e. The number of thioether (sulfide) groups is 1. The zero-order valence-corrected chi connectivity index (χ0v) is 11.0. The lowest BCUT2D eigenvalue weighted by molar-refractivity contribution is 0.0421. The van der Waals surface area contributed by atoms with Gasteiger partial charge in [0.05, 0.1) is 6.10 Å². The molecule has 0 N–H and O–H groups in total. The Kier molecular flexibility index (Phi) is 3.72. The van der Waals surface area contributed by atoms with Crippen molar-refractivity contribution in [2.24, 2.45) is 0 Å². The van der Waals surface area contributed by atoms with Crippen LogP contribution in [0.5, 0.6) is 0 Å². The van der Waals surface area contributed by atoms with Crippen molar-refractivity contribution in [2.45, 2.75) is 55.3 Å². The highest BCUT2D eigenvalue weighted by molar-refractivity contribution is 8.00. The van der Waals surface area contributed by atoms with Gasteiger partial charge in [-0.3, -0.25) is 0 Å². The molecule has 1 saturated carbocycles. The van der Waals surface area contributed by atoms with Crippen molar-refractivity contribution in [2.75, 3.05) is 0 Å². The zero-order valence-electron chi connectivity index (χ0n) is 10.2. The fourth-order valence-corrected chi connectivity index (χ4v) is 4.36. The molecule has 2 fully saturated rings. The highest BCUT2D eigenvalue weighted by Gasteiger charge is 2.36. The van der Waals surface area contributed by atoms with Crippen LogP contribution in [0, 0.1) is 0 Å². The Morgan fingerprint density at radius 3 is 2.53 bits per heavy atom. The molecule has 1 aliphatic carbocycles. The van der Waals surface area contributed by atoms with E-state index in [0.717, 1.165) is 5.25 Å². The van der Waals surface area contributed by atoms with Crippen LogP contribution < -0.4 is 0 Å². The van der Waals surface area contributed by atoms with Crippen LogP contribution in [0.15, 0.2) is 30.3 Å². The summed E-state index contributed by atoms with van der Waals surface area (Å²) in [4.78, 5) is 0. The minimum absolute atomic E-state index is 0.282. The molecule has 0 amide bonds. The molecule has 2 aliphatic rings. The number of hydrogen-bond donors (Lipinski definition) is 0. The molecular weight excluding hydrogens is 228 g/mol. The van der Waals surface area contributed by atoms with Crippen LogP contribution >= 0.6 is 11.8 Å². The average Bonchev–Trinajstić information content (AvgIpc) is 2.73. The van der Waals surface area contributed by atoms with Crippen molar-refractivity contribution in [1.29, 1.82) is 0 Å². The van der Waals surface area contributed by atoms with Crippen LogP contribution in [-0.4, -0.2) is 11.4 Å². The summed E-state index contributed by atoms with van der Waals surface area (Å²) in [7, 11) is 0. The van der Waals surface area contributed by atoms with E-state index in [2.05, 4.69) is 30.3 Å². The third-order valence-corrected chi connectivity index (χ3v) is 5.33. The van der Waals surface area contributed by atoms with Gasteiger partial charge < -0.3 is 4.74 Å². The van der Waals surface area contributed by atoms with Gasteiger partial charge in [0.2, 0.25) is 0 Å². The van der Waals surface area contributed by atoms with Crippen molar-refractivity contribution < 1.29 is 4.74 Å². The highest BCUT2D eigenvalue weighted by Crippen LogP contribution is 2.47. The van der Waals surface area contributed by atoms with Crippen LogP contribution in [0.1, 0.15) is 49.5 Å². The van der Waals surface area contributed by atoms with Gasteiger partial charge in [-0.25, -0.2) is 0 Å². The van der Waals surface area contributed by atoms with Gasteiger partial charge in [-0.05, 0) is 18.4 Å². The summed E-state index contributed by atoms with van der Waals surface area (Å²) in [6, 6.07) is 10.7. The second-order valence-electron chi connectivity index (χ2n) is 5.08. The lowest BCUT2D eigenvalue weighted by Gasteiger charge is -2.19. The maximum Gasteiger partial charge on any atom is 0.129 e. The zero-order chi connectivity index (χ0) is 11.5. The van der Waals surface area contributed by atoms with Gasteiger partial charge >= 0.3 is 0 Å². The molecule has 2 heteroatoms. The SMILES string of the molecule is c1ccc([C@@H]2O[C@H]3CCCCCC[C@H]3S2)cc1. The molecule has 1 aromatic carbocycles. The van der Waals surface area contributed by atoms with Crippen molar-refractivity contribution in [1.82, 2.24) is 0 Å². The van der Waals surface area contributed by atoms with Gasteiger partial charge in [0, 0.05) is 5.25 Å². The number of benzene rings is 1. The topological polar surface area (TPSA) is 9.23 Å². The van der Waals surface area contributed by atoms with Crippen molar-refractivity contribution in [3.63, 3.8) is 0 Å². The third-order valence-electron chi connectivity index (χ3n) is 3.81. The maximum absolute atomic E-state index is 6.25. The van der Waals surface area contributed by atoms with Gasteiger partial charge in [-0.15, -0.1) is 11.8 Å². The fraction of sp³-hybridized carbons (Fsp3) is 0.600. The maximum atomic E-state index is 6.25. The predicted molar refractivity (Wildman–Crippen MR) is 73.1 cm³/mol. The summed E-state index contributed by atoms with van der Waals surface area (Å²) in [6.07, 6.45) is 8.67. The van der Waals surface area contributed by atoms with Crippen LogP contribution in [0.4, 0.5) is 0 Å². The van der Waals surface area contributed by atoms with Crippen molar-refractivity contribution in [3.8, 4) is 0 Å². The van der Waals surface area contributed by atoms with Gasteiger partial charge in [0.1, 0.15) is 5.44 Å². The smallest absolute Gasteiger partial charge is 0.129 e. The molecule has 1 saturated heterocycles. The van der Waals surface area contributed by atoms with Crippen LogP contribution in [-0.2, 0) is 4.74 Å². The lowest BCUT2D eigenvalue weighted by Crippen LogP contribution is -2.21. The molecule has 0 unspecified atom stereocenters. The van der Waals surface area contributed by atoms with Gasteiger partial charge in [-0.1, -0.05) is 56.0 Å². The van der Waals surface area contributed by atoms with E-state index in [1.54, 1.807) is 0 Å². The van der Waals surface area contributed by atoms with Crippen LogP contribution in [0.25, 0.3) is 0 Å². The summed E-state index contributed by atoms with van der Waals surface area (Å²) in [5, 5.41) is 0.737. The molecule has 1 aromatic rings. The quantitative estimate of drug-likeness (QED) is 0.721. The molecule has 0 aromatic heterocycles. The lowest BCUT2D eigenvalue weighted by atomic mass is 9.98.